The van der Waals surface area contributed by atoms with E-state index < -0.39 is 5.41 Å². The van der Waals surface area contributed by atoms with Gasteiger partial charge in [-0.3, -0.25) is 0 Å². The number of anilines is 18. The lowest BCUT2D eigenvalue weighted by molar-refractivity contribution is 0.590. The van der Waals surface area contributed by atoms with Gasteiger partial charge in [0.2, 0.25) is 0 Å². The molecule has 6 aliphatic rings. The van der Waals surface area contributed by atoms with Crippen molar-refractivity contribution in [3.63, 3.8) is 0 Å². The SMILES string of the molecule is Cc1ccc(N2c3ccc(C)cc3B3c4c2cc(C)cc4N(c2ccc(C(C)(C)C)cc2)c2cccc(C(C)(c4cccc5c4B4c6cc(C)ccc6N(c6ccc(C)cc6)c6cc(C)cc(c64)N5c4ccc(C(C)(C)C)cc4)c4cccc5c4B4c6cc(C)ccc6N(c6ccc(C)cc6)c6cc(C)cc(c64)N5c4ccc(C(C)(C)C)cc4)c23)cc1. The van der Waals surface area contributed by atoms with Crippen LogP contribution < -0.4 is 78.6 Å². The van der Waals surface area contributed by atoms with Gasteiger partial charge in [0.05, 0.1) is 0 Å². The summed E-state index contributed by atoms with van der Waals surface area (Å²) >= 11 is 0. The van der Waals surface area contributed by atoms with E-state index in [4.69, 9.17) is 0 Å². The van der Waals surface area contributed by atoms with E-state index in [2.05, 4.69) is 452 Å². The van der Waals surface area contributed by atoms with E-state index in [1.165, 1.54) is 201 Å². The molecule has 21 rings (SSSR count). The molecule has 0 spiro atoms. The minimum absolute atomic E-state index is 0.0786. The van der Waals surface area contributed by atoms with Gasteiger partial charge in [-0.15, -0.1) is 0 Å². The first kappa shape index (κ1) is 76.7. The van der Waals surface area contributed by atoms with Crippen LogP contribution in [0, 0.1) is 62.3 Å². The molecule has 122 heavy (non-hydrogen) atoms. The van der Waals surface area contributed by atoms with Crippen molar-refractivity contribution < 1.29 is 0 Å². The van der Waals surface area contributed by atoms with Crippen molar-refractivity contribution in [3.8, 4) is 0 Å². The molecule has 0 bridgehead atoms. The van der Waals surface area contributed by atoms with Gasteiger partial charge in [0, 0.05) is 108 Å². The van der Waals surface area contributed by atoms with Crippen LogP contribution in [0.3, 0.4) is 0 Å². The molecule has 0 aromatic heterocycles. The summed E-state index contributed by atoms with van der Waals surface area (Å²) < 4.78 is 0. The molecule has 0 unspecified atom stereocenters. The summed E-state index contributed by atoms with van der Waals surface area (Å²) in [6.07, 6.45) is 0. The Labute approximate surface area is 724 Å². The molecule has 0 amide bonds. The van der Waals surface area contributed by atoms with E-state index >= 15 is 0 Å². The van der Waals surface area contributed by atoms with Crippen molar-refractivity contribution in [1.82, 2.24) is 0 Å². The predicted octanol–water partition coefficient (Wildman–Crippen LogP) is 24.0. The lowest BCUT2D eigenvalue weighted by Gasteiger charge is -2.50. The monoisotopic (exact) mass is 1580 g/mol. The second kappa shape index (κ2) is 27.7. The second-order valence-corrected chi connectivity index (χ2v) is 39.4. The van der Waals surface area contributed by atoms with E-state index in [0.717, 1.165) is 34.1 Å². The number of rotatable bonds is 9. The van der Waals surface area contributed by atoms with Gasteiger partial charge in [-0.1, -0.05) is 241 Å². The van der Waals surface area contributed by atoms with Crippen molar-refractivity contribution in [2.24, 2.45) is 0 Å². The maximum Gasteiger partial charge on any atom is 0.252 e. The Hall–Kier alpha value is -12.7. The summed E-state index contributed by atoms with van der Waals surface area (Å²) in [6, 6.07) is 116. The van der Waals surface area contributed by atoms with Gasteiger partial charge in [0.1, 0.15) is 0 Å². The van der Waals surface area contributed by atoms with E-state index in [1.807, 2.05) is 0 Å². The lowest BCUT2D eigenvalue weighted by atomic mass is 9.29. The van der Waals surface area contributed by atoms with E-state index in [9.17, 15) is 0 Å². The van der Waals surface area contributed by atoms with Gasteiger partial charge >= 0.3 is 0 Å². The van der Waals surface area contributed by atoms with Crippen LogP contribution in [0.25, 0.3) is 0 Å². The van der Waals surface area contributed by atoms with Crippen molar-refractivity contribution in [2.75, 3.05) is 29.4 Å². The van der Waals surface area contributed by atoms with Gasteiger partial charge in [-0.2, -0.15) is 0 Å². The topological polar surface area (TPSA) is 19.4 Å². The number of benzene rings is 15. The zero-order valence-electron chi connectivity index (χ0n) is 74.1. The molecule has 0 atom stereocenters. The van der Waals surface area contributed by atoms with Crippen LogP contribution in [-0.2, 0) is 21.7 Å². The predicted molar refractivity (Wildman–Crippen MR) is 526 cm³/mol. The third-order valence-electron chi connectivity index (χ3n) is 27.7. The van der Waals surface area contributed by atoms with Crippen LogP contribution in [-0.4, -0.2) is 20.1 Å². The fraction of sp³-hybridized carbons (Fsp3) is 0.204. The molecule has 0 saturated heterocycles. The molecule has 596 valence electrons. The summed E-state index contributed by atoms with van der Waals surface area (Å²) in [7, 11) is 0. The highest BCUT2D eigenvalue weighted by molar-refractivity contribution is 7.02. The molecule has 0 saturated carbocycles. The number of hydrogen-bond donors (Lipinski definition) is 0. The highest BCUT2D eigenvalue weighted by Gasteiger charge is 2.55. The molecule has 15 aromatic rings. The summed E-state index contributed by atoms with van der Waals surface area (Å²) in [5, 5.41) is 0. The standard InChI is InChI=1S/C113H105B3N6/c1-68-29-44-80(45-30-68)117-92-56-35-71(4)59-89(92)114-104-86(23-20-26-95(104)120(101-65-74(7)62-98(117)107(101)114)83-50-38-77(39-51-83)110(10,11)12)113(19,87-24-21-27-96-105(87)115-90-60-72(5)36-57-93(90)118(81-46-31-69(2)32-47-81)99-63-75(8)66-102(108(99)115)121(96)84-52-40-78(41-53-84)111(13,14)15)88-25-22-28-97-106(88)116-91-61-73(6)37-58-94(91)119(82-48-33-70(3)34-49-82)100-64-76(9)67-103(109(100)116)122(97)85-54-42-79(43-55-85)112(16,17)18/h20-67H,1-19H3. The number of hydrogen-bond acceptors (Lipinski definition) is 6. The van der Waals surface area contributed by atoms with Gasteiger partial charge in [-0.05, 0) is 330 Å². The Morgan fingerprint density at radius 1 is 0.180 bits per heavy atom. The van der Waals surface area contributed by atoms with Gasteiger partial charge in [0.15, 0.2) is 0 Å². The number of nitrogens with zero attached hydrogens (tertiary/aromatic N) is 6. The maximum absolute atomic E-state index is 2.69. The van der Waals surface area contributed by atoms with Gasteiger partial charge < -0.3 is 29.4 Å². The molecule has 9 heteroatoms. The first-order valence-electron chi connectivity index (χ1n) is 44.0. The van der Waals surface area contributed by atoms with E-state index in [1.54, 1.807) is 0 Å². The molecule has 6 aliphatic heterocycles. The normalized spacial score (nSPS) is 14.0. The molecule has 0 fully saturated rings. The highest BCUT2D eigenvalue weighted by atomic mass is 15.2. The van der Waals surface area contributed by atoms with Crippen LogP contribution in [0.4, 0.5) is 102 Å². The Kier molecular flexibility index (Phi) is 17.4. The quantitative estimate of drug-likeness (QED) is 0.105. The summed E-state index contributed by atoms with van der Waals surface area (Å²) in [6.45, 7) is 43.3. The summed E-state index contributed by atoms with van der Waals surface area (Å²) in [5.41, 5.74) is 49.9. The van der Waals surface area contributed by atoms with Crippen molar-refractivity contribution in [2.45, 2.75) is 153 Å². The van der Waals surface area contributed by atoms with Crippen molar-refractivity contribution in [3.05, 3.63) is 375 Å². The molecular formula is C113H105B3N6. The molecule has 15 aromatic carbocycles. The molecule has 6 nitrogen and oxygen atoms in total. The lowest BCUT2D eigenvalue weighted by Crippen LogP contribution is -2.66. The Balaban J connectivity index is 0.953. The molecular weight excluding hydrogens is 1470 g/mol. The molecule has 0 aliphatic carbocycles. The fourth-order valence-corrected chi connectivity index (χ4v) is 21.7. The Morgan fingerprint density at radius 3 is 0.607 bits per heavy atom. The van der Waals surface area contributed by atoms with E-state index in [-0.39, 0.29) is 36.4 Å². The van der Waals surface area contributed by atoms with Crippen LogP contribution in [0.5, 0.6) is 0 Å². The first-order valence-corrected chi connectivity index (χ1v) is 44.0. The summed E-state index contributed by atoms with van der Waals surface area (Å²) in [4.78, 5) is 15.8. The molecule has 0 N–H and O–H groups in total. The zero-order valence-corrected chi connectivity index (χ0v) is 74.1. The van der Waals surface area contributed by atoms with Gasteiger partial charge in [0.25, 0.3) is 20.1 Å². The number of fused-ring (bicyclic) bond motifs is 12. The molecule has 6 heterocycles. The average Bonchev–Trinajstić information content (AvgIpc) is 0.673. The largest absolute Gasteiger partial charge is 0.311 e. The average molecular weight is 1580 g/mol. The third-order valence-corrected chi connectivity index (χ3v) is 27.7. The van der Waals surface area contributed by atoms with Crippen LogP contribution >= 0.6 is 0 Å². The second-order valence-electron chi connectivity index (χ2n) is 39.4. The minimum Gasteiger partial charge on any atom is -0.311 e. The van der Waals surface area contributed by atoms with E-state index in [0.29, 0.717) is 0 Å². The van der Waals surface area contributed by atoms with Crippen molar-refractivity contribution >= 4 is 172 Å². The Bertz CT molecular complexity index is 6190. The van der Waals surface area contributed by atoms with Gasteiger partial charge in [-0.25, -0.2) is 0 Å². The Morgan fingerprint density at radius 2 is 0.385 bits per heavy atom. The first-order chi connectivity index (χ1) is 58.5. The van der Waals surface area contributed by atoms with Crippen LogP contribution in [0.15, 0.2) is 291 Å². The van der Waals surface area contributed by atoms with Crippen LogP contribution in [0.1, 0.15) is 153 Å². The van der Waals surface area contributed by atoms with Crippen LogP contribution in [0.2, 0.25) is 0 Å². The molecule has 0 radical (unpaired) electrons. The highest BCUT2D eigenvalue weighted by Crippen LogP contribution is 2.54. The number of aryl methyl sites for hydroxylation is 9. The fourth-order valence-electron chi connectivity index (χ4n) is 21.7. The smallest absolute Gasteiger partial charge is 0.252 e. The van der Waals surface area contributed by atoms with Crippen molar-refractivity contribution in [1.29, 1.82) is 0 Å². The summed E-state index contributed by atoms with van der Waals surface area (Å²) in [5.74, 6) is 0. The minimum atomic E-state index is -1.06. The maximum atomic E-state index is 2.69. The zero-order chi connectivity index (χ0) is 84.4. The third kappa shape index (κ3) is 11.8.